The van der Waals surface area contributed by atoms with Crippen molar-refractivity contribution < 1.29 is 29.0 Å². The minimum atomic E-state index is -1.08. The third-order valence-corrected chi connectivity index (χ3v) is 5.90. The smallest absolute Gasteiger partial charge is 0.410 e. The Morgan fingerprint density at radius 2 is 1.46 bits per heavy atom. The van der Waals surface area contributed by atoms with E-state index >= 15 is 0 Å². The molecule has 0 atom stereocenters. The molecule has 1 aliphatic rings. The molecule has 7 heteroatoms. The van der Waals surface area contributed by atoms with Crippen molar-refractivity contribution in [3.8, 4) is 11.1 Å². The molecule has 2 aromatic rings. The number of aliphatic carboxylic acids is 1. The number of carboxylic acids is 1. The van der Waals surface area contributed by atoms with Gasteiger partial charge in [-0.25, -0.2) is 4.79 Å². The second kappa shape index (κ2) is 11.9. The van der Waals surface area contributed by atoms with Crippen molar-refractivity contribution in [1.82, 2.24) is 4.90 Å². The Kier molecular flexibility index (Phi) is 8.90. The highest BCUT2D eigenvalue weighted by Crippen LogP contribution is 2.44. The van der Waals surface area contributed by atoms with Crippen LogP contribution >= 0.6 is 0 Å². The highest BCUT2D eigenvalue weighted by Gasteiger charge is 2.30. The predicted molar refractivity (Wildman–Crippen MR) is 133 cm³/mol. The Labute approximate surface area is 207 Å². The van der Waals surface area contributed by atoms with E-state index in [1.807, 2.05) is 57.2 Å². The van der Waals surface area contributed by atoms with Gasteiger partial charge in [-0.3, -0.25) is 14.5 Å². The largest absolute Gasteiger partial charge is 0.480 e. The fourth-order valence-corrected chi connectivity index (χ4v) is 4.40. The van der Waals surface area contributed by atoms with Gasteiger partial charge < -0.3 is 14.6 Å². The molecule has 1 N–H and O–H groups in total. The standard InChI is InChI=1S/C28H35NO6/c1-28(2,3)35-26(32)16-6-4-5-11-17-29(18-25(30)31)27(33)34-19-24-22-14-9-7-12-20(22)21-13-8-10-15-23(21)24/h7-10,12-15,24H,4-6,11,16-19H2,1-3H3,(H,30,31). The summed E-state index contributed by atoms with van der Waals surface area (Å²) in [5, 5.41) is 9.27. The molecule has 0 radical (unpaired) electrons. The second-order valence-electron chi connectivity index (χ2n) is 9.87. The number of hydrogen-bond acceptors (Lipinski definition) is 5. The van der Waals surface area contributed by atoms with Gasteiger partial charge in [-0.05, 0) is 55.9 Å². The molecular weight excluding hydrogens is 446 g/mol. The van der Waals surface area contributed by atoms with Crippen LogP contribution in [-0.2, 0) is 19.1 Å². The first-order valence-electron chi connectivity index (χ1n) is 12.2. The lowest BCUT2D eigenvalue weighted by Crippen LogP contribution is -2.37. The molecule has 0 aromatic heterocycles. The van der Waals surface area contributed by atoms with Crippen LogP contribution in [0.2, 0.25) is 0 Å². The van der Waals surface area contributed by atoms with Crippen molar-refractivity contribution in [2.45, 2.75) is 64.4 Å². The van der Waals surface area contributed by atoms with E-state index in [-0.39, 0.29) is 25.0 Å². The molecule has 0 bridgehead atoms. The van der Waals surface area contributed by atoms with E-state index in [0.29, 0.717) is 19.3 Å². The molecule has 0 saturated heterocycles. The van der Waals surface area contributed by atoms with Crippen LogP contribution < -0.4 is 0 Å². The topological polar surface area (TPSA) is 93.1 Å². The Bertz CT molecular complexity index is 996. The molecule has 1 aliphatic carbocycles. The average Bonchev–Trinajstić information content (AvgIpc) is 3.11. The summed E-state index contributed by atoms with van der Waals surface area (Å²) in [5.41, 5.74) is 4.00. The summed E-state index contributed by atoms with van der Waals surface area (Å²) >= 11 is 0. The number of carboxylic acid groups (broad SMARTS) is 1. The van der Waals surface area contributed by atoms with Gasteiger partial charge in [0.2, 0.25) is 0 Å². The maximum atomic E-state index is 12.8. The second-order valence-corrected chi connectivity index (χ2v) is 9.87. The van der Waals surface area contributed by atoms with Gasteiger partial charge in [0.1, 0.15) is 18.8 Å². The minimum absolute atomic E-state index is 0.0779. The number of carbonyl (C=O) groups excluding carboxylic acids is 2. The van der Waals surface area contributed by atoms with Crippen LogP contribution in [0.1, 0.15) is 69.9 Å². The number of rotatable bonds is 11. The van der Waals surface area contributed by atoms with Crippen LogP contribution in [0.25, 0.3) is 11.1 Å². The molecule has 2 aromatic carbocycles. The van der Waals surface area contributed by atoms with Gasteiger partial charge in [0.25, 0.3) is 0 Å². The lowest BCUT2D eigenvalue weighted by atomic mass is 9.98. The maximum absolute atomic E-state index is 12.8. The van der Waals surface area contributed by atoms with Crippen molar-refractivity contribution >= 4 is 18.0 Å². The molecule has 0 heterocycles. The molecule has 188 valence electrons. The summed E-state index contributed by atoms with van der Waals surface area (Å²) < 4.78 is 10.9. The van der Waals surface area contributed by atoms with Crippen molar-refractivity contribution in [2.75, 3.05) is 19.7 Å². The highest BCUT2D eigenvalue weighted by molar-refractivity contribution is 5.79. The lowest BCUT2D eigenvalue weighted by molar-refractivity contribution is -0.155. The summed E-state index contributed by atoms with van der Waals surface area (Å²) in [4.78, 5) is 37.1. The fourth-order valence-electron chi connectivity index (χ4n) is 4.40. The first kappa shape index (κ1) is 26.3. The normalized spacial score (nSPS) is 12.5. The van der Waals surface area contributed by atoms with Gasteiger partial charge in [0, 0.05) is 18.9 Å². The van der Waals surface area contributed by atoms with Gasteiger partial charge in [-0.1, -0.05) is 61.4 Å². The number of fused-ring (bicyclic) bond motifs is 3. The van der Waals surface area contributed by atoms with E-state index in [0.717, 1.165) is 35.1 Å². The number of esters is 1. The number of ether oxygens (including phenoxy) is 2. The molecule has 1 amide bonds. The lowest BCUT2D eigenvalue weighted by Gasteiger charge is -2.22. The molecule has 0 unspecified atom stereocenters. The summed E-state index contributed by atoms with van der Waals surface area (Å²) in [6.07, 6.45) is 2.62. The Balaban J connectivity index is 1.49. The SMILES string of the molecule is CC(C)(C)OC(=O)CCCCCCN(CC(=O)O)C(=O)OCC1c2ccccc2-c2ccccc21. The van der Waals surface area contributed by atoms with Gasteiger partial charge in [-0.2, -0.15) is 0 Å². The number of carbonyl (C=O) groups is 3. The summed E-state index contributed by atoms with van der Waals surface area (Å²) in [6, 6.07) is 16.1. The summed E-state index contributed by atoms with van der Waals surface area (Å²) in [5.74, 6) is -1.38. The number of benzene rings is 2. The fraction of sp³-hybridized carbons (Fsp3) is 0.464. The van der Waals surface area contributed by atoms with Crippen molar-refractivity contribution in [3.63, 3.8) is 0 Å². The van der Waals surface area contributed by atoms with E-state index in [4.69, 9.17) is 9.47 Å². The third kappa shape index (κ3) is 7.57. The summed E-state index contributed by atoms with van der Waals surface area (Å²) in [7, 11) is 0. The van der Waals surface area contributed by atoms with Crippen molar-refractivity contribution in [1.29, 1.82) is 0 Å². The Morgan fingerprint density at radius 1 is 0.886 bits per heavy atom. The van der Waals surface area contributed by atoms with Crippen LogP contribution in [0.3, 0.4) is 0 Å². The molecule has 35 heavy (non-hydrogen) atoms. The van der Waals surface area contributed by atoms with E-state index in [1.165, 1.54) is 4.90 Å². The molecule has 7 nitrogen and oxygen atoms in total. The van der Waals surface area contributed by atoms with Crippen LogP contribution in [0.5, 0.6) is 0 Å². The number of hydrogen-bond donors (Lipinski definition) is 1. The molecule has 0 fully saturated rings. The van der Waals surface area contributed by atoms with Gasteiger partial charge >= 0.3 is 18.0 Å². The average molecular weight is 482 g/mol. The number of nitrogens with zero attached hydrogens (tertiary/aromatic N) is 1. The zero-order valence-corrected chi connectivity index (χ0v) is 20.8. The Hall–Kier alpha value is -3.35. The minimum Gasteiger partial charge on any atom is -0.480 e. The maximum Gasteiger partial charge on any atom is 0.410 e. The first-order valence-corrected chi connectivity index (χ1v) is 12.2. The van der Waals surface area contributed by atoms with E-state index in [9.17, 15) is 19.5 Å². The van der Waals surface area contributed by atoms with Crippen LogP contribution in [-0.4, -0.2) is 53.3 Å². The first-order chi connectivity index (χ1) is 16.7. The monoisotopic (exact) mass is 481 g/mol. The van der Waals surface area contributed by atoms with Crippen LogP contribution in [0.15, 0.2) is 48.5 Å². The number of unbranched alkanes of at least 4 members (excludes halogenated alkanes) is 3. The molecular formula is C28H35NO6. The predicted octanol–water partition coefficient (Wildman–Crippen LogP) is 5.61. The zero-order chi connectivity index (χ0) is 25.4. The van der Waals surface area contributed by atoms with Crippen LogP contribution in [0, 0.1) is 0 Å². The quantitative estimate of drug-likeness (QED) is 0.331. The molecule has 0 saturated carbocycles. The third-order valence-electron chi connectivity index (χ3n) is 5.90. The Morgan fingerprint density at radius 3 is 2.03 bits per heavy atom. The highest BCUT2D eigenvalue weighted by atomic mass is 16.6. The molecule has 3 rings (SSSR count). The van der Waals surface area contributed by atoms with Crippen molar-refractivity contribution in [2.24, 2.45) is 0 Å². The van der Waals surface area contributed by atoms with E-state index < -0.39 is 24.2 Å². The number of amides is 1. The molecule has 0 aliphatic heterocycles. The summed E-state index contributed by atoms with van der Waals surface area (Å²) in [6.45, 7) is 5.55. The van der Waals surface area contributed by atoms with E-state index in [2.05, 4.69) is 12.1 Å². The van der Waals surface area contributed by atoms with Crippen LogP contribution in [0.4, 0.5) is 4.79 Å². The van der Waals surface area contributed by atoms with Crippen molar-refractivity contribution in [3.05, 3.63) is 59.7 Å². The zero-order valence-electron chi connectivity index (χ0n) is 20.8. The van der Waals surface area contributed by atoms with Gasteiger partial charge in [0.15, 0.2) is 0 Å². The van der Waals surface area contributed by atoms with Gasteiger partial charge in [-0.15, -0.1) is 0 Å². The van der Waals surface area contributed by atoms with Gasteiger partial charge in [0.05, 0.1) is 0 Å². The molecule has 0 spiro atoms. The van der Waals surface area contributed by atoms with E-state index in [1.54, 1.807) is 0 Å².